The lowest BCUT2D eigenvalue weighted by molar-refractivity contribution is 0.102. The number of amides is 1. The summed E-state index contributed by atoms with van der Waals surface area (Å²) in [7, 11) is 0. The molecule has 0 spiro atoms. The van der Waals surface area contributed by atoms with Crippen LogP contribution in [0.25, 0.3) is 11.4 Å². The number of nitrogens with zero attached hydrogens (tertiary/aromatic N) is 4. The first kappa shape index (κ1) is 18.2. The molecule has 0 saturated heterocycles. The Morgan fingerprint density at radius 1 is 1.14 bits per heavy atom. The molecule has 0 radical (unpaired) electrons. The summed E-state index contributed by atoms with van der Waals surface area (Å²) in [5.74, 6) is 1.39. The summed E-state index contributed by atoms with van der Waals surface area (Å²) in [5, 5.41) is 14.9. The highest BCUT2D eigenvalue weighted by Crippen LogP contribution is 2.36. The molecule has 144 valence electrons. The Kier molecular flexibility index (Phi) is 5.32. The zero-order chi connectivity index (χ0) is 19.3. The number of benzene rings is 2. The van der Waals surface area contributed by atoms with Gasteiger partial charge in [0, 0.05) is 16.8 Å². The van der Waals surface area contributed by atoms with Gasteiger partial charge in [-0.05, 0) is 78.2 Å². The lowest BCUT2D eigenvalue weighted by Crippen LogP contribution is -2.11. The summed E-state index contributed by atoms with van der Waals surface area (Å²) in [4.78, 5) is 12.5. The van der Waals surface area contributed by atoms with Gasteiger partial charge in [0.05, 0.1) is 12.6 Å². The van der Waals surface area contributed by atoms with E-state index in [9.17, 15) is 4.79 Å². The van der Waals surface area contributed by atoms with Gasteiger partial charge in [-0.1, -0.05) is 13.3 Å². The number of hydrogen-bond acceptors (Lipinski definition) is 5. The molecule has 1 N–H and O–H groups in total. The molecule has 1 aliphatic carbocycles. The molecule has 1 fully saturated rings. The number of rotatable bonds is 8. The first-order valence-corrected chi connectivity index (χ1v) is 9.67. The first-order valence-electron chi connectivity index (χ1n) is 9.67. The number of aromatic nitrogens is 4. The second kappa shape index (κ2) is 8.21. The van der Waals surface area contributed by atoms with Crippen molar-refractivity contribution in [1.82, 2.24) is 20.2 Å². The van der Waals surface area contributed by atoms with Crippen LogP contribution in [0.4, 0.5) is 5.69 Å². The molecule has 0 aliphatic heterocycles. The van der Waals surface area contributed by atoms with Crippen LogP contribution in [0.1, 0.15) is 49.0 Å². The van der Waals surface area contributed by atoms with E-state index in [2.05, 4.69) is 27.8 Å². The SMILES string of the molecule is CCCCOc1ccc(C(=O)Nc2ccc(-c3nnnn3C3CC3)cc2)cc1. The summed E-state index contributed by atoms with van der Waals surface area (Å²) >= 11 is 0. The molecule has 28 heavy (non-hydrogen) atoms. The molecule has 0 bridgehead atoms. The van der Waals surface area contributed by atoms with Crippen LogP contribution in [0.5, 0.6) is 5.75 Å². The minimum Gasteiger partial charge on any atom is -0.494 e. The molecule has 0 unspecified atom stereocenters. The number of unbranched alkanes of at least 4 members (excludes halogenated alkanes) is 1. The van der Waals surface area contributed by atoms with Crippen LogP contribution in [0.2, 0.25) is 0 Å². The Morgan fingerprint density at radius 3 is 2.57 bits per heavy atom. The number of anilines is 1. The van der Waals surface area contributed by atoms with E-state index in [1.54, 1.807) is 12.1 Å². The van der Waals surface area contributed by atoms with Gasteiger partial charge < -0.3 is 10.1 Å². The smallest absolute Gasteiger partial charge is 0.255 e. The second-order valence-electron chi connectivity index (χ2n) is 6.94. The van der Waals surface area contributed by atoms with Crippen LogP contribution < -0.4 is 10.1 Å². The van der Waals surface area contributed by atoms with Gasteiger partial charge >= 0.3 is 0 Å². The van der Waals surface area contributed by atoms with Gasteiger partial charge in [0.1, 0.15) is 5.75 Å². The zero-order valence-electron chi connectivity index (χ0n) is 15.8. The van der Waals surface area contributed by atoms with Crippen molar-refractivity contribution < 1.29 is 9.53 Å². The van der Waals surface area contributed by atoms with Crippen LogP contribution in [0.15, 0.2) is 48.5 Å². The monoisotopic (exact) mass is 377 g/mol. The molecule has 7 nitrogen and oxygen atoms in total. The number of tetrazole rings is 1. The van der Waals surface area contributed by atoms with Crippen molar-refractivity contribution in [2.24, 2.45) is 0 Å². The molecule has 1 heterocycles. The van der Waals surface area contributed by atoms with Crippen molar-refractivity contribution in [2.45, 2.75) is 38.6 Å². The fourth-order valence-electron chi connectivity index (χ4n) is 2.89. The van der Waals surface area contributed by atoms with E-state index in [4.69, 9.17) is 4.74 Å². The molecule has 1 aliphatic rings. The maximum absolute atomic E-state index is 12.5. The molecule has 1 aromatic heterocycles. The third kappa shape index (κ3) is 4.19. The van der Waals surface area contributed by atoms with E-state index in [1.165, 1.54) is 0 Å². The third-order valence-electron chi connectivity index (χ3n) is 4.67. The number of carbonyl (C=O) groups is 1. The zero-order valence-corrected chi connectivity index (χ0v) is 15.8. The van der Waals surface area contributed by atoms with Crippen LogP contribution in [-0.2, 0) is 0 Å². The summed E-state index contributed by atoms with van der Waals surface area (Å²) in [6, 6.07) is 15.2. The van der Waals surface area contributed by atoms with E-state index < -0.39 is 0 Å². The van der Waals surface area contributed by atoms with Crippen LogP contribution >= 0.6 is 0 Å². The predicted molar refractivity (Wildman–Crippen MR) is 106 cm³/mol. The minimum atomic E-state index is -0.157. The van der Waals surface area contributed by atoms with Gasteiger partial charge in [-0.3, -0.25) is 4.79 Å². The van der Waals surface area contributed by atoms with Crippen molar-refractivity contribution in [2.75, 3.05) is 11.9 Å². The van der Waals surface area contributed by atoms with Crippen molar-refractivity contribution in [3.63, 3.8) is 0 Å². The Labute approximate surface area is 163 Å². The topological polar surface area (TPSA) is 81.9 Å². The van der Waals surface area contributed by atoms with Crippen molar-refractivity contribution >= 4 is 11.6 Å². The first-order chi connectivity index (χ1) is 13.7. The molecule has 1 amide bonds. The number of nitrogens with one attached hydrogen (secondary N) is 1. The molecule has 4 rings (SSSR count). The second-order valence-corrected chi connectivity index (χ2v) is 6.94. The Balaban J connectivity index is 1.38. The Bertz CT molecular complexity index is 930. The van der Waals surface area contributed by atoms with E-state index in [0.717, 1.165) is 48.5 Å². The fourth-order valence-corrected chi connectivity index (χ4v) is 2.89. The van der Waals surface area contributed by atoms with Gasteiger partial charge in [-0.25, -0.2) is 4.68 Å². The lowest BCUT2D eigenvalue weighted by atomic mass is 10.1. The van der Waals surface area contributed by atoms with Gasteiger partial charge in [-0.15, -0.1) is 5.10 Å². The number of hydrogen-bond donors (Lipinski definition) is 1. The average molecular weight is 377 g/mol. The highest BCUT2D eigenvalue weighted by Gasteiger charge is 2.28. The van der Waals surface area contributed by atoms with E-state index in [0.29, 0.717) is 18.2 Å². The van der Waals surface area contributed by atoms with Crippen LogP contribution in [0, 0.1) is 0 Å². The van der Waals surface area contributed by atoms with E-state index in [1.807, 2.05) is 41.1 Å². The van der Waals surface area contributed by atoms with Gasteiger partial charge in [0.25, 0.3) is 5.91 Å². The fraction of sp³-hybridized carbons (Fsp3) is 0.333. The number of carbonyl (C=O) groups excluding carboxylic acids is 1. The van der Waals surface area contributed by atoms with E-state index in [-0.39, 0.29) is 5.91 Å². The van der Waals surface area contributed by atoms with Crippen molar-refractivity contribution in [3.05, 3.63) is 54.1 Å². The van der Waals surface area contributed by atoms with Crippen molar-refractivity contribution in [3.8, 4) is 17.1 Å². The van der Waals surface area contributed by atoms with Gasteiger partial charge in [0.15, 0.2) is 5.82 Å². The molecular weight excluding hydrogens is 354 g/mol. The van der Waals surface area contributed by atoms with Crippen molar-refractivity contribution in [1.29, 1.82) is 0 Å². The highest BCUT2D eigenvalue weighted by atomic mass is 16.5. The maximum atomic E-state index is 12.5. The standard InChI is InChI=1S/C21H23N5O2/c1-2-3-14-28-19-12-6-16(7-13-19)21(27)22-17-8-4-15(5-9-17)20-23-24-25-26(20)18-10-11-18/h4-9,12-13,18H,2-3,10-11,14H2,1H3,(H,22,27). The Morgan fingerprint density at radius 2 is 1.89 bits per heavy atom. The Hall–Kier alpha value is -3.22. The molecule has 1 saturated carbocycles. The normalized spacial score (nSPS) is 13.3. The summed E-state index contributed by atoms with van der Waals surface area (Å²) < 4.78 is 7.50. The average Bonchev–Trinajstić information content (AvgIpc) is 3.46. The largest absolute Gasteiger partial charge is 0.494 e. The molecular formula is C21H23N5O2. The number of ether oxygens (including phenoxy) is 1. The lowest BCUT2D eigenvalue weighted by Gasteiger charge is -2.08. The molecule has 2 aromatic carbocycles. The van der Waals surface area contributed by atoms with Crippen LogP contribution in [-0.4, -0.2) is 32.7 Å². The van der Waals surface area contributed by atoms with Gasteiger partial charge in [-0.2, -0.15) is 0 Å². The molecule has 3 aromatic rings. The minimum absolute atomic E-state index is 0.157. The van der Waals surface area contributed by atoms with E-state index >= 15 is 0 Å². The quantitative estimate of drug-likeness (QED) is 0.598. The maximum Gasteiger partial charge on any atom is 0.255 e. The molecule has 7 heteroatoms. The summed E-state index contributed by atoms with van der Waals surface area (Å²) in [5.41, 5.74) is 2.25. The molecule has 0 atom stereocenters. The van der Waals surface area contributed by atoms with Crippen LogP contribution in [0.3, 0.4) is 0 Å². The highest BCUT2D eigenvalue weighted by molar-refractivity contribution is 6.04. The summed E-state index contributed by atoms with van der Waals surface area (Å²) in [6.07, 6.45) is 4.35. The predicted octanol–water partition coefficient (Wildman–Crippen LogP) is 4.11. The van der Waals surface area contributed by atoms with Gasteiger partial charge in [0.2, 0.25) is 0 Å². The summed E-state index contributed by atoms with van der Waals surface area (Å²) in [6.45, 7) is 2.82. The third-order valence-corrected chi connectivity index (χ3v) is 4.67.